The fourth-order valence-corrected chi connectivity index (χ4v) is 1.15. The van der Waals surface area contributed by atoms with Gasteiger partial charge in [-0.15, -0.1) is 0 Å². The highest BCUT2D eigenvalue weighted by atomic mass is 16.2. The van der Waals surface area contributed by atoms with Crippen LogP contribution in [0.5, 0.6) is 0 Å². The van der Waals surface area contributed by atoms with E-state index < -0.39 is 0 Å². The normalized spacial score (nSPS) is 35.2. The average Bonchev–Trinajstić information content (AvgIpc) is 2.42. The van der Waals surface area contributed by atoms with E-state index in [1.807, 2.05) is 0 Å². The Kier molecular flexibility index (Phi) is 1.90. The maximum atomic E-state index is 8.43. The lowest BCUT2D eigenvalue weighted by molar-refractivity contribution is 0.280. The first-order valence-electron chi connectivity index (χ1n) is 3.45. The van der Waals surface area contributed by atoms with Gasteiger partial charge >= 0.3 is 0 Å². The van der Waals surface area contributed by atoms with Crippen molar-refractivity contribution in [1.29, 1.82) is 0 Å². The molecular formula is C7H14O. The molecule has 2 atom stereocenters. The molecule has 8 heavy (non-hydrogen) atoms. The fraction of sp³-hybridized carbons (Fsp3) is 1.00. The van der Waals surface area contributed by atoms with Crippen molar-refractivity contribution in [3.8, 4) is 0 Å². The first-order valence-corrected chi connectivity index (χ1v) is 3.45. The Balaban J connectivity index is 1.89. The van der Waals surface area contributed by atoms with Gasteiger partial charge in [0.1, 0.15) is 0 Å². The Bertz CT molecular complexity index is 70.8. The van der Waals surface area contributed by atoms with E-state index in [0.29, 0.717) is 6.61 Å². The Morgan fingerprint density at radius 1 is 1.62 bits per heavy atom. The minimum Gasteiger partial charge on any atom is -0.396 e. The summed E-state index contributed by atoms with van der Waals surface area (Å²) >= 11 is 0. The summed E-state index contributed by atoms with van der Waals surface area (Å²) in [5.41, 5.74) is 0. The van der Waals surface area contributed by atoms with Crippen LogP contribution in [0.4, 0.5) is 0 Å². The van der Waals surface area contributed by atoms with Crippen LogP contribution in [0.25, 0.3) is 0 Å². The molecule has 0 radical (unpaired) electrons. The molecule has 0 unspecified atom stereocenters. The van der Waals surface area contributed by atoms with Gasteiger partial charge in [-0.2, -0.15) is 0 Å². The van der Waals surface area contributed by atoms with Gasteiger partial charge in [-0.3, -0.25) is 0 Å². The van der Waals surface area contributed by atoms with E-state index in [1.54, 1.807) is 0 Å². The van der Waals surface area contributed by atoms with E-state index in [1.165, 1.54) is 12.8 Å². The van der Waals surface area contributed by atoms with Crippen molar-refractivity contribution in [1.82, 2.24) is 0 Å². The minimum absolute atomic E-state index is 0.378. The van der Waals surface area contributed by atoms with E-state index in [2.05, 4.69) is 6.92 Å². The van der Waals surface area contributed by atoms with Gasteiger partial charge in [-0.25, -0.2) is 0 Å². The van der Waals surface area contributed by atoms with Crippen molar-refractivity contribution < 1.29 is 5.11 Å². The molecule has 1 rings (SSSR count). The molecule has 0 saturated heterocycles. The SMILES string of the molecule is C[C@H]1C[C@H]1CCCO. The van der Waals surface area contributed by atoms with E-state index in [0.717, 1.165) is 18.3 Å². The number of hydrogen-bond acceptors (Lipinski definition) is 1. The lowest BCUT2D eigenvalue weighted by atomic mass is 10.2. The maximum Gasteiger partial charge on any atom is 0.0431 e. The van der Waals surface area contributed by atoms with Crippen molar-refractivity contribution in [2.75, 3.05) is 6.61 Å². The van der Waals surface area contributed by atoms with Gasteiger partial charge in [0.05, 0.1) is 0 Å². The molecule has 1 aliphatic carbocycles. The van der Waals surface area contributed by atoms with Crippen LogP contribution in [-0.2, 0) is 0 Å². The van der Waals surface area contributed by atoms with Crippen LogP contribution in [-0.4, -0.2) is 11.7 Å². The van der Waals surface area contributed by atoms with E-state index >= 15 is 0 Å². The lowest BCUT2D eigenvalue weighted by Crippen LogP contribution is -1.84. The summed E-state index contributed by atoms with van der Waals surface area (Å²) in [6.45, 7) is 2.66. The molecule has 48 valence electrons. The average molecular weight is 114 g/mol. The maximum absolute atomic E-state index is 8.43. The molecule has 0 heterocycles. The zero-order valence-corrected chi connectivity index (χ0v) is 5.43. The highest BCUT2D eigenvalue weighted by molar-refractivity contribution is 4.81. The van der Waals surface area contributed by atoms with Gasteiger partial charge < -0.3 is 5.11 Å². The van der Waals surface area contributed by atoms with Gasteiger partial charge in [-0.05, 0) is 31.1 Å². The van der Waals surface area contributed by atoms with Gasteiger partial charge in [-0.1, -0.05) is 6.92 Å². The second kappa shape index (κ2) is 2.49. The van der Waals surface area contributed by atoms with Gasteiger partial charge in [0.25, 0.3) is 0 Å². The first-order chi connectivity index (χ1) is 3.84. The molecule has 0 amide bonds. The topological polar surface area (TPSA) is 20.2 Å². The Labute approximate surface area is 50.7 Å². The molecule has 0 spiro atoms. The van der Waals surface area contributed by atoms with Gasteiger partial charge in [0.2, 0.25) is 0 Å². The van der Waals surface area contributed by atoms with E-state index in [4.69, 9.17) is 5.11 Å². The summed E-state index contributed by atoms with van der Waals surface area (Å²) < 4.78 is 0. The van der Waals surface area contributed by atoms with Crippen molar-refractivity contribution >= 4 is 0 Å². The minimum atomic E-state index is 0.378. The zero-order chi connectivity index (χ0) is 5.98. The molecule has 0 aliphatic heterocycles. The monoisotopic (exact) mass is 114 g/mol. The van der Waals surface area contributed by atoms with Crippen LogP contribution >= 0.6 is 0 Å². The molecule has 0 aromatic heterocycles. The number of rotatable bonds is 3. The molecule has 0 aromatic rings. The molecule has 0 bridgehead atoms. The van der Waals surface area contributed by atoms with E-state index in [9.17, 15) is 0 Å². The second-order valence-electron chi connectivity index (χ2n) is 2.84. The van der Waals surface area contributed by atoms with Crippen molar-refractivity contribution in [3.63, 3.8) is 0 Å². The number of aliphatic hydroxyl groups is 1. The summed E-state index contributed by atoms with van der Waals surface area (Å²) in [4.78, 5) is 0. The Morgan fingerprint density at radius 3 is 2.62 bits per heavy atom. The molecule has 1 nitrogen and oxygen atoms in total. The lowest BCUT2D eigenvalue weighted by Gasteiger charge is -1.90. The predicted octanol–water partition coefficient (Wildman–Crippen LogP) is 1.41. The first kappa shape index (κ1) is 6.09. The predicted molar refractivity (Wildman–Crippen MR) is 33.6 cm³/mol. The molecule has 1 heteroatoms. The van der Waals surface area contributed by atoms with Crippen LogP contribution in [0.1, 0.15) is 26.2 Å². The molecule has 0 aromatic carbocycles. The summed E-state index contributed by atoms with van der Waals surface area (Å²) in [5, 5.41) is 8.43. The summed E-state index contributed by atoms with van der Waals surface area (Å²) in [7, 11) is 0. The molecule has 1 aliphatic rings. The zero-order valence-electron chi connectivity index (χ0n) is 5.43. The smallest absolute Gasteiger partial charge is 0.0431 e. The largest absolute Gasteiger partial charge is 0.396 e. The molecular weight excluding hydrogens is 100 g/mol. The number of hydrogen-bond donors (Lipinski definition) is 1. The highest BCUT2D eigenvalue weighted by Crippen LogP contribution is 2.40. The fourth-order valence-electron chi connectivity index (χ4n) is 1.15. The van der Waals surface area contributed by atoms with Crippen LogP contribution in [0, 0.1) is 11.8 Å². The quantitative estimate of drug-likeness (QED) is 0.588. The summed E-state index contributed by atoms with van der Waals surface area (Å²) in [5.74, 6) is 1.92. The molecule has 1 saturated carbocycles. The van der Waals surface area contributed by atoms with Gasteiger partial charge in [0.15, 0.2) is 0 Å². The third-order valence-electron chi connectivity index (χ3n) is 2.01. The third-order valence-corrected chi connectivity index (χ3v) is 2.01. The second-order valence-corrected chi connectivity index (χ2v) is 2.84. The van der Waals surface area contributed by atoms with Crippen LogP contribution in [0.15, 0.2) is 0 Å². The molecule has 1 fully saturated rings. The van der Waals surface area contributed by atoms with Crippen molar-refractivity contribution in [2.24, 2.45) is 11.8 Å². The molecule has 1 N–H and O–H groups in total. The van der Waals surface area contributed by atoms with Crippen molar-refractivity contribution in [2.45, 2.75) is 26.2 Å². The third kappa shape index (κ3) is 1.48. The highest BCUT2D eigenvalue weighted by Gasteiger charge is 2.31. The van der Waals surface area contributed by atoms with Crippen LogP contribution in [0.3, 0.4) is 0 Å². The Hall–Kier alpha value is -0.0400. The standard InChI is InChI=1S/C7H14O/c1-6-5-7(6)3-2-4-8/h6-8H,2-5H2,1H3/t6-,7+/m0/s1. The van der Waals surface area contributed by atoms with Crippen LogP contribution < -0.4 is 0 Å². The van der Waals surface area contributed by atoms with E-state index in [-0.39, 0.29) is 0 Å². The van der Waals surface area contributed by atoms with Crippen LogP contribution in [0.2, 0.25) is 0 Å². The summed E-state index contributed by atoms with van der Waals surface area (Å²) in [6.07, 6.45) is 3.66. The van der Waals surface area contributed by atoms with Crippen molar-refractivity contribution in [3.05, 3.63) is 0 Å². The van der Waals surface area contributed by atoms with Gasteiger partial charge in [0, 0.05) is 6.61 Å². The summed E-state index contributed by atoms with van der Waals surface area (Å²) in [6, 6.07) is 0. The Morgan fingerprint density at radius 2 is 2.25 bits per heavy atom. The number of aliphatic hydroxyl groups excluding tert-OH is 1.